The zero-order valence-electron chi connectivity index (χ0n) is 6.36. The van der Waals surface area contributed by atoms with Crippen molar-refractivity contribution in [3.8, 4) is 0 Å². The summed E-state index contributed by atoms with van der Waals surface area (Å²) in [5.74, 6) is 0. The van der Waals surface area contributed by atoms with Gasteiger partial charge in [-0.25, -0.2) is 14.3 Å². The monoisotopic (exact) mass is 154 g/mol. The summed E-state index contributed by atoms with van der Waals surface area (Å²) in [5, 5.41) is 0. The first kappa shape index (κ1) is 7.78. The van der Waals surface area contributed by atoms with Crippen LogP contribution in [0.3, 0.4) is 0 Å². The minimum Gasteiger partial charge on any atom is -0.449 e. The lowest BCUT2D eigenvalue weighted by molar-refractivity contribution is 0.148. The Kier molecular flexibility index (Phi) is 2.66. The van der Waals surface area contributed by atoms with Gasteiger partial charge < -0.3 is 4.74 Å². The summed E-state index contributed by atoms with van der Waals surface area (Å²) in [6.45, 7) is 2.40. The summed E-state index contributed by atoms with van der Waals surface area (Å²) in [6.07, 6.45) is 4.97. The molecule has 1 heterocycles. The molecule has 0 bridgehead atoms. The van der Waals surface area contributed by atoms with Gasteiger partial charge >= 0.3 is 6.09 Å². The number of aromatic nitrogens is 2. The first-order valence-corrected chi connectivity index (χ1v) is 3.49. The van der Waals surface area contributed by atoms with Gasteiger partial charge in [0.15, 0.2) is 0 Å². The van der Waals surface area contributed by atoms with E-state index in [0.717, 1.165) is 6.42 Å². The fourth-order valence-corrected chi connectivity index (χ4v) is 0.631. The van der Waals surface area contributed by atoms with Crippen molar-refractivity contribution in [3.05, 3.63) is 18.7 Å². The molecule has 0 aliphatic carbocycles. The Hall–Kier alpha value is -1.32. The van der Waals surface area contributed by atoms with Gasteiger partial charge in [0.2, 0.25) is 0 Å². The van der Waals surface area contributed by atoms with E-state index in [1.54, 1.807) is 6.20 Å². The summed E-state index contributed by atoms with van der Waals surface area (Å²) in [4.78, 5) is 14.7. The lowest BCUT2D eigenvalue weighted by Gasteiger charge is -2.00. The molecule has 0 saturated heterocycles. The highest BCUT2D eigenvalue weighted by Gasteiger charge is 2.01. The van der Waals surface area contributed by atoms with Crippen molar-refractivity contribution in [2.75, 3.05) is 6.61 Å². The average molecular weight is 154 g/mol. The predicted octanol–water partition coefficient (Wildman–Crippen LogP) is 1.28. The molecule has 0 N–H and O–H groups in total. The molecule has 1 rings (SSSR count). The SMILES string of the molecule is CCCOC(=O)n1ccnc1. The van der Waals surface area contributed by atoms with Gasteiger partial charge in [-0.3, -0.25) is 0 Å². The van der Waals surface area contributed by atoms with E-state index < -0.39 is 0 Å². The minimum atomic E-state index is -0.371. The number of ether oxygens (including phenoxy) is 1. The number of hydrogen-bond donors (Lipinski definition) is 0. The van der Waals surface area contributed by atoms with Gasteiger partial charge in [0.05, 0.1) is 6.61 Å². The summed E-state index contributed by atoms with van der Waals surface area (Å²) < 4.78 is 6.12. The van der Waals surface area contributed by atoms with Crippen molar-refractivity contribution in [1.82, 2.24) is 9.55 Å². The minimum absolute atomic E-state index is 0.371. The summed E-state index contributed by atoms with van der Waals surface area (Å²) >= 11 is 0. The fraction of sp³-hybridized carbons (Fsp3) is 0.429. The molecule has 0 aliphatic rings. The van der Waals surface area contributed by atoms with Crippen LogP contribution in [0.5, 0.6) is 0 Å². The number of nitrogens with zero attached hydrogens (tertiary/aromatic N) is 2. The summed E-state index contributed by atoms with van der Waals surface area (Å²) in [7, 11) is 0. The molecule has 0 unspecified atom stereocenters. The van der Waals surface area contributed by atoms with Gasteiger partial charge in [0.25, 0.3) is 0 Å². The van der Waals surface area contributed by atoms with Gasteiger partial charge in [-0.15, -0.1) is 0 Å². The van der Waals surface area contributed by atoms with E-state index in [2.05, 4.69) is 4.98 Å². The standard InChI is InChI=1S/C7H10N2O2/c1-2-5-11-7(10)9-4-3-8-6-9/h3-4,6H,2,5H2,1H3. The van der Waals surface area contributed by atoms with E-state index in [0.29, 0.717) is 6.61 Å². The van der Waals surface area contributed by atoms with Crippen LogP contribution in [0.4, 0.5) is 4.79 Å². The maximum atomic E-state index is 11.0. The van der Waals surface area contributed by atoms with Crippen LogP contribution in [0.25, 0.3) is 0 Å². The molecule has 0 spiro atoms. The first-order chi connectivity index (χ1) is 5.34. The number of carbonyl (C=O) groups is 1. The molecule has 0 atom stereocenters. The summed E-state index contributed by atoms with van der Waals surface area (Å²) in [6, 6.07) is 0. The Morgan fingerprint density at radius 3 is 3.09 bits per heavy atom. The maximum Gasteiger partial charge on any atom is 0.419 e. The third-order valence-corrected chi connectivity index (χ3v) is 1.14. The first-order valence-electron chi connectivity index (χ1n) is 3.49. The zero-order chi connectivity index (χ0) is 8.10. The number of carbonyl (C=O) groups excluding carboxylic acids is 1. The molecule has 1 aromatic heterocycles. The van der Waals surface area contributed by atoms with E-state index in [1.165, 1.54) is 17.1 Å². The van der Waals surface area contributed by atoms with Crippen molar-refractivity contribution >= 4 is 6.09 Å². The molecule has 0 aliphatic heterocycles. The van der Waals surface area contributed by atoms with E-state index >= 15 is 0 Å². The van der Waals surface area contributed by atoms with Crippen LogP contribution >= 0.6 is 0 Å². The molecule has 0 fully saturated rings. The van der Waals surface area contributed by atoms with Gasteiger partial charge in [0.1, 0.15) is 6.33 Å². The highest BCUT2D eigenvalue weighted by Crippen LogP contribution is 1.90. The smallest absolute Gasteiger partial charge is 0.419 e. The molecular formula is C7H10N2O2. The van der Waals surface area contributed by atoms with Gasteiger partial charge in [0, 0.05) is 12.4 Å². The van der Waals surface area contributed by atoms with E-state index in [-0.39, 0.29) is 6.09 Å². The Morgan fingerprint density at radius 2 is 2.55 bits per heavy atom. The summed E-state index contributed by atoms with van der Waals surface area (Å²) in [5.41, 5.74) is 0. The van der Waals surface area contributed by atoms with Crippen LogP contribution < -0.4 is 0 Å². The second-order valence-electron chi connectivity index (χ2n) is 2.08. The molecule has 0 radical (unpaired) electrons. The third-order valence-electron chi connectivity index (χ3n) is 1.14. The van der Waals surface area contributed by atoms with Crippen LogP contribution in [0.15, 0.2) is 18.7 Å². The van der Waals surface area contributed by atoms with E-state index in [1.807, 2.05) is 6.92 Å². The Bertz CT molecular complexity index is 218. The van der Waals surface area contributed by atoms with Crippen LogP contribution in [0.1, 0.15) is 13.3 Å². The van der Waals surface area contributed by atoms with Gasteiger partial charge in [-0.05, 0) is 6.42 Å². The van der Waals surface area contributed by atoms with Crippen molar-refractivity contribution in [3.63, 3.8) is 0 Å². The number of imidazole rings is 1. The van der Waals surface area contributed by atoms with Crippen LogP contribution in [0.2, 0.25) is 0 Å². The highest BCUT2D eigenvalue weighted by molar-refractivity contribution is 5.69. The largest absolute Gasteiger partial charge is 0.449 e. The number of rotatable bonds is 2. The normalized spacial score (nSPS) is 9.55. The molecular weight excluding hydrogens is 144 g/mol. The van der Waals surface area contributed by atoms with Crippen molar-refractivity contribution < 1.29 is 9.53 Å². The molecule has 4 nitrogen and oxygen atoms in total. The molecule has 0 saturated carbocycles. The Balaban J connectivity index is 2.43. The lowest BCUT2D eigenvalue weighted by Crippen LogP contribution is -2.11. The molecule has 11 heavy (non-hydrogen) atoms. The average Bonchev–Trinajstić information content (AvgIpc) is 2.52. The Morgan fingerprint density at radius 1 is 1.73 bits per heavy atom. The quantitative estimate of drug-likeness (QED) is 0.644. The van der Waals surface area contributed by atoms with Crippen LogP contribution in [-0.4, -0.2) is 22.3 Å². The van der Waals surface area contributed by atoms with E-state index in [4.69, 9.17) is 4.74 Å². The van der Waals surface area contributed by atoms with Crippen molar-refractivity contribution in [2.24, 2.45) is 0 Å². The number of hydrogen-bond acceptors (Lipinski definition) is 3. The zero-order valence-corrected chi connectivity index (χ0v) is 6.36. The second kappa shape index (κ2) is 3.75. The highest BCUT2D eigenvalue weighted by atomic mass is 16.5. The molecule has 4 heteroatoms. The Labute approximate surface area is 64.8 Å². The fourth-order valence-electron chi connectivity index (χ4n) is 0.631. The van der Waals surface area contributed by atoms with E-state index in [9.17, 15) is 4.79 Å². The third kappa shape index (κ3) is 2.07. The van der Waals surface area contributed by atoms with Crippen LogP contribution in [0, 0.1) is 0 Å². The second-order valence-corrected chi connectivity index (χ2v) is 2.08. The molecule has 0 aromatic carbocycles. The van der Waals surface area contributed by atoms with Crippen molar-refractivity contribution in [1.29, 1.82) is 0 Å². The van der Waals surface area contributed by atoms with Gasteiger partial charge in [-0.1, -0.05) is 6.92 Å². The molecule has 0 amide bonds. The van der Waals surface area contributed by atoms with Crippen LogP contribution in [-0.2, 0) is 4.74 Å². The molecule has 60 valence electrons. The topological polar surface area (TPSA) is 44.1 Å². The molecule has 1 aromatic rings. The van der Waals surface area contributed by atoms with Crippen molar-refractivity contribution in [2.45, 2.75) is 13.3 Å². The predicted molar refractivity (Wildman–Crippen MR) is 39.3 cm³/mol. The van der Waals surface area contributed by atoms with Gasteiger partial charge in [-0.2, -0.15) is 0 Å². The maximum absolute atomic E-state index is 11.0. The lowest BCUT2D eigenvalue weighted by atomic mass is 10.5.